The summed E-state index contributed by atoms with van der Waals surface area (Å²) in [6.07, 6.45) is 5.52. The van der Waals surface area contributed by atoms with Gasteiger partial charge in [-0.2, -0.15) is 0 Å². The number of Topliss-reactive ketones (excluding diaryl/α,β-unsaturated/α-hetero) is 1. The summed E-state index contributed by atoms with van der Waals surface area (Å²) in [5, 5.41) is 0. The van der Waals surface area contributed by atoms with Crippen LogP contribution in [0.3, 0.4) is 0 Å². The van der Waals surface area contributed by atoms with E-state index in [1.807, 2.05) is 42.0 Å². The largest absolute Gasteiger partial charge is 0.494 e. The molecule has 0 saturated carbocycles. The number of aromatic nitrogens is 2. The average molecular weight is 272 g/mol. The Kier molecular flexibility index (Phi) is 4.93. The number of benzene rings is 1. The first-order valence-corrected chi connectivity index (χ1v) is 7.00. The molecule has 0 fully saturated rings. The number of imidazole rings is 1. The van der Waals surface area contributed by atoms with Gasteiger partial charge in [0.1, 0.15) is 11.6 Å². The van der Waals surface area contributed by atoms with E-state index in [-0.39, 0.29) is 5.78 Å². The van der Waals surface area contributed by atoms with Crippen LogP contribution < -0.4 is 4.74 Å². The predicted molar refractivity (Wildman–Crippen MR) is 78.2 cm³/mol. The van der Waals surface area contributed by atoms with Gasteiger partial charge < -0.3 is 9.30 Å². The molecule has 2 aromatic rings. The van der Waals surface area contributed by atoms with Crippen molar-refractivity contribution < 1.29 is 9.53 Å². The van der Waals surface area contributed by atoms with Crippen LogP contribution in [-0.4, -0.2) is 21.9 Å². The molecular weight excluding hydrogens is 252 g/mol. The third kappa shape index (κ3) is 3.47. The number of rotatable bonds is 7. The Morgan fingerprint density at radius 3 is 2.65 bits per heavy atom. The van der Waals surface area contributed by atoms with Gasteiger partial charge in [0.25, 0.3) is 0 Å². The molecule has 0 saturated heterocycles. The van der Waals surface area contributed by atoms with Crippen molar-refractivity contribution >= 4 is 5.78 Å². The summed E-state index contributed by atoms with van der Waals surface area (Å²) in [7, 11) is 0. The van der Waals surface area contributed by atoms with Gasteiger partial charge in [0.2, 0.25) is 0 Å². The van der Waals surface area contributed by atoms with Gasteiger partial charge >= 0.3 is 0 Å². The van der Waals surface area contributed by atoms with Crippen molar-refractivity contribution in [2.45, 2.75) is 33.2 Å². The molecule has 0 spiro atoms. The molecule has 0 atom stereocenters. The summed E-state index contributed by atoms with van der Waals surface area (Å²) in [6.45, 7) is 5.01. The van der Waals surface area contributed by atoms with E-state index in [4.69, 9.17) is 4.74 Å². The topological polar surface area (TPSA) is 44.1 Å². The zero-order valence-electron chi connectivity index (χ0n) is 12.0. The highest BCUT2D eigenvalue weighted by molar-refractivity contribution is 5.96. The summed E-state index contributed by atoms with van der Waals surface area (Å²) in [5.74, 6) is 1.84. The molecule has 0 aliphatic carbocycles. The van der Waals surface area contributed by atoms with Gasteiger partial charge in [-0.3, -0.25) is 4.79 Å². The number of carbonyl (C=O) groups is 1. The minimum absolute atomic E-state index is 0.0865. The van der Waals surface area contributed by atoms with Crippen molar-refractivity contribution in [2.75, 3.05) is 6.61 Å². The summed E-state index contributed by atoms with van der Waals surface area (Å²) in [4.78, 5) is 16.5. The first-order valence-electron chi connectivity index (χ1n) is 7.00. The highest BCUT2D eigenvalue weighted by Crippen LogP contribution is 2.13. The summed E-state index contributed by atoms with van der Waals surface area (Å²) < 4.78 is 7.29. The summed E-state index contributed by atoms with van der Waals surface area (Å²) in [5.41, 5.74) is 0.699. The zero-order chi connectivity index (χ0) is 14.4. The number of ether oxygens (including phenoxy) is 1. The quantitative estimate of drug-likeness (QED) is 0.727. The van der Waals surface area contributed by atoms with Crippen LogP contribution in [0.5, 0.6) is 5.75 Å². The molecule has 1 aromatic heterocycles. The van der Waals surface area contributed by atoms with Crippen LogP contribution in [-0.2, 0) is 13.0 Å². The SMILES string of the molecule is CCCc1nccn1CC(=O)c1ccc(OCC)cc1. The first-order chi connectivity index (χ1) is 9.74. The number of aryl methyl sites for hydroxylation is 1. The van der Waals surface area contributed by atoms with Crippen LogP contribution in [0, 0.1) is 0 Å². The minimum atomic E-state index is 0.0865. The highest BCUT2D eigenvalue weighted by atomic mass is 16.5. The maximum Gasteiger partial charge on any atom is 0.182 e. The molecule has 4 nitrogen and oxygen atoms in total. The highest BCUT2D eigenvalue weighted by Gasteiger charge is 2.09. The van der Waals surface area contributed by atoms with Crippen molar-refractivity contribution in [1.82, 2.24) is 9.55 Å². The Morgan fingerprint density at radius 2 is 2.00 bits per heavy atom. The minimum Gasteiger partial charge on any atom is -0.494 e. The first kappa shape index (κ1) is 14.3. The third-order valence-corrected chi connectivity index (χ3v) is 3.08. The fraction of sp³-hybridized carbons (Fsp3) is 0.375. The summed E-state index contributed by atoms with van der Waals surface area (Å²) >= 11 is 0. The Balaban J connectivity index is 2.05. The monoisotopic (exact) mass is 272 g/mol. The van der Waals surface area contributed by atoms with E-state index in [1.165, 1.54) is 0 Å². The van der Waals surface area contributed by atoms with E-state index in [1.54, 1.807) is 6.20 Å². The van der Waals surface area contributed by atoms with Crippen molar-refractivity contribution in [1.29, 1.82) is 0 Å². The van der Waals surface area contributed by atoms with Crippen LogP contribution in [0.2, 0.25) is 0 Å². The maximum atomic E-state index is 12.2. The van der Waals surface area contributed by atoms with E-state index in [2.05, 4.69) is 11.9 Å². The third-order valence-electron chi connectivity index (χ3n) is 3.08. The second-order valence-corrected chi connectivity index (χ2v) is 4.60. The predicted octanol–water partition coefficient (Wildman–Crippen LogP) is 3.12. The van der Waals surface area contributed by atoms with E-state index in [9.17, 15) is 4.79 Å². The number of hydrogen-bond donors (Lipinski definition) is 0. The lowest BCUT2D eigenvalue weighted by Crippen LogP contribution is -2.12. The van der Waals surface area contributed by atoms with E-state index >= 15 is 0 Å². The lowest BCUT2D eigenvalue weighted by molar-refractivity contribution is 0.0971. The molecule has 0 aliphatic rings. The van der Waals surface area contributed by atoms with E-state index < -0.39 is 0 Å². The summed E-state index contributed by atoms with van der Waals surface area (Å²) in [6, 6.07) is 7.28. The standard InChI is InChI=1S/C16H20N2O2/c1-3-5-16-17-10-11-18(16)12-15(19)13-6-8-14(9-7-13)20-4-2/h6-11H,3-5,12H2,1-2H3. The van der Waals surface area contributed by atoms with Gasteiger partial charge in [-0.1, -0.05) is 6.92 Å². The number of nitrogens with zero attached hydrogens (tertiary/aromatic N) is 2. The Bertz CT molecular complexity index is 558. The van der Waals surface area contributed by atoms with Crippen LogP contribution in [0.15, 0.2) is 36.7 Å². The Morgan fingerprint density at radius 1 is 1.25 bits per heavy atom. The smallest absolute Gasteiger partial charge is 0.182 e. The maximum absolute atomic E-state index is 12.2. The van der Waals surface area contributed by atoms with Gasteiger partial charge in [0.15, 0.2) is 5.78 Å². The normalized spacial score (nSPS) is 10.5. The zero-order valence-corrected chi connectivity index (χ0v) is 12.0. The Hall–Kier alpha value is -2.10. The van der Waals surface area contributed by atoms with Gasteiger partial charge in [0, 0.05) is 24.4 Å². The Labute approximate surface area is 119 Å². The fourth-order valence-electron chi connectivity index (χ4n) is 2.09. The van der Waals surface area contributed by atoms with Crippen LogP contribution in [0.4, 0.5) is 0 Å². The molecule has 1 heterocycles. The molecule has 2 rings (SSSR count). The number of carbonyl (C=O) groups excluding carboxylic acids is 1. The molecule has 0 unspecified atom stereocenters. The van der Waals surface area contributed by atoms with Gasteiger partial charge in [-0.05, 0) is 37.6 Å². The van der Waals surface area contributed by atoms with E-state index in [0.29, 0.717) is 18.7 Å². The average Bonchev–Trinajstić information content (AvgIpc) is 2.88. The molecule has 0 aliphatic heterocycles. The second-order valence-electron chi connectivity index (χ2n) is 4.60. The molecule has 0 N–H and O–H groups in total. The van der Waals surface area contributed by atoms with E-state index in [0.717, 1.165) is 24.4 Å². The molecule has 4 heteroatoms. The number of ketones is 1. The molecule has 0 amide bonds. The van der Waals surface area contributed by atoms with Gasteiger partial charge in [-0.25, -0.2) is 4.98 Å². The van der Waals surface area contributed by atoms with Crippen molar-refractivity contribution in [3.8, 4) is 5.75 Å². The van der Waals surface area contributed by atoms with Crippen LogP contribution >= 0.6 is 0 Å². The molecule has 20 heavy (non-hydrogen) atoms. The van der Waals surface area contributed by atoms with Crippen LogP contribution in [0.1, 0.15) is 36.5 Å². The van der Waals surface area contributed by atoms with Crippen molar-refractivity contribution in [2.24, 2.45) is 0 Å². The van der Waals surface area contributed by atoms with Gasteiger partial charge in [0.05, 0.1) is 13.2 Å². The molecule has 0 bridgehead atoms. The fourth-order valence-corrected chi connectivity index (χ4v) is 2.09. The second kappa shape index (κ2) is 6.89. The molecular formula is C16H20N2O2. The van der Waals surface area contributed by atoms with Crippen molar-refractivity contribution in [3.05, 3.63) is 48.0 Å². The molecule has 1 aromatic carbocycles. The number of hydrogen-bond acceptors (Lipinski definition) is 3. The lowest BCUT2D eigenvalue weighted by atomic mass is 10.1. The molecule has 0 radical (unpaired) electrons. The van der Waals surface area contributed by atoms with Crippen LogP contribution in [0.25, 0.3) is 0 Å². The van der Waals surface area contributed by atoms with Gasteiger partial charge in [-0.15, -0.1) is 0 Å². The van der Waals surface area contributed by atoms with Crippen molar-refractivity contribution in [3.63, 3.8) is 0 Å². The molecule has 106 valence electrons. The lowest BCUT2D eigenvalue weighted by Gasteiger charge is -2.07.